The Labute approximate surface area is 228 Å². The summed E-state index contributed by atoms with van der Waals surface area (Å²) < 4.78 is 17.2. The molecule has 9 nitrogen and oxygen atoms in total. The average molecular weight is 533 g/mol. The number of ether oxygens (including phenoxy) is 3. The summed E-state index contributed by atoms with van der Waals surface area (Å²) in [4.78, 5) is 32.1. The molecular formula is C30H36N4O5. The molecule has 9 heteroatoms. The van der Waals surface area contributed by atoms with Crippen LogP contribution in [-0.2, 0) is 19.1 Å². The molecule has 2 heterocycles. The fourth-order valence-electron chi connectivity index (χ4n) is 4.45. The number of carbonyl (C=O) groups is 2. The fourth-order valence-corrected chi connectivity index (χ4v) is 4.45. The minimum absolute atomic E-state index is 0.0417. The molecule has 2 aromatic carbocycles. The van der Waals surface area contributed by atoms with Gasteiger partial charge in [0.1, 0.15) is 11.6 Å². The first-order valence-corrected chi connectivity index (χ1v) is 12.6. The molecule has 0 saturated carbocycles. The van der Waals surface area contributed by atoms with Gasteiger partial charge in [0, 0.05) is 30.2 Å². The van der Waals surface area contributed by atoms with Gasteiger partial charge < -0.3 is 19.2 Å². The predicted octanol–water partition coefficient (Wildman–Crippen LogP) is 5.51. The first-order chi connectivity index (χ1) is 18.5. The van der Waals surface area contributed by atoms with Crippen LogP contribution in [-0.4, -0.2) is 53.8 Å². The Balaban J connectivity index is 0.000000631. The molecule has 0 fully saturated rings. The number of aromatic nitrogens is 3. The molecule has 4 aromatic rings. The van der Waals surface area contributed by atoms with Crippen molar-refractivity contribution in [2.45, 2.75) is 52.6 Å². The number of aromatic amines is 1. The standard InChI is InChI=1S/C25H24N4O4.C5H12O/c1-14-10-21(32-3)22(17-7-8-29(13-30)23(14)17)18(9-15(2)25(31)33-4)24-27-19-6-5-16(12-26)11-20(19)28-24;1-5(2,3)6-4/h5-8,10-11,13,15,18H,9H2,1-4H3,(H,27,28);1-4H3. The van der Waals surface area contributed by atoms with Gasteiger partial charge in [-0.25, -0.2) is 4.98 Å². The molecule has 0 aliphatic carbocycles. The molecule has 39 heavy (non-hydrogen) atoms. The van der Waals surface area contributed by atoms with Crippen LogP contribution in [0, 0.1) is 24.2 Å². The van der Waals surface area contributed by atoms with Gasteiger partial charge in [0.25, 0.3) is 0 Å². The third-order valence-corrected chi connectivity index (χ3v) is 6.64. The van der Waals surface area contributed by atoms with Crippen LogP contribution in [0.3, 0.4) is 0 Å². The number of nitrogens with one attached hydrogen (secondary N) is 1. The molecule has 0 radical (unpaired) electrons. The molecule has 2 unspecified atom stereocenters. The lowest BCUT2D eigenvalue weighted by Crippen LogP contribution is -2.18. The highest BCUT2D eigenvalue weighted by atomic mass is 16.5. The van der Waals surface area contributed by atoms with Gasteiger partial charge in [0.15, 0.2) is 0 Å². The van der Waals surface area contributed by atoms with E-state index in [1.165, 1.54) is 11.7 Å². The first kappa shape index (κ1) is 29.4. The number of rotatable bonds is 7. The van der Waals surface area contributed by atoms with Gasteiger partial charge in [-0.1, -0.05) is 6.92 Å². The number of nitrogens with zero attached hydrogens (tertiary/aromatic N) is 3. The number of esters is 1. The molecule has 0 bridgehead atoms. The predicted molar refractivity (Wildman–Crippen MR) is 151 cm³/mol. The topological polar surface area (TPSA) is 119 Å². The van der Waals surface area contributed by atoms with Gasteiger partial charge in [0.05, 0.1) is 53.9 Å². The number of carbonyl (C=O) groups excluding carboxylic acids is 2. The Morgan fingerprint density at radius 2 is 1.90 bits per heavy atom. The second-order valence-corrected chi connectivity index (χ2v) is 10.4. The summed E-state index contributed by atoms with van der Waals surface area (Å²) in [5, 5.41) is 10.1. The van der Waals surface area contributed by atoms with Gasteiger partial charge in [-0.05, 0) is 70.0 Å². The van der Waals surface area contributed by atoms with E-state index in [0.717, 1.165) is 34.0 Å². The third-order valence-electron chi connectivity index (χ3n) is 6.64. The molecule has 206 valence electrons. The Hall–Kier alpha value is -4.16. The van der Waals surface area contributed by atoms with Gasteiger partial charge >= 0.3 is 5.97 Å². The highest BCUT2D eigenvalue weighted by molar-refractivity contribution is 5.93. The van der Waals surface area contributed by atoms with Crippen molar-refractivity contribution in [3.05, 3.63) is 59.0 Å². The average Bonchev–Trinajstić information content (AvgIpc) is 3.55. The highest BCUT2D eigenvalue weighted by Gasteiger charge is 2.30. The molecular weight excluding hydrogens is 496 g/mol. The van der Waals surface area contributed by atoms with Crippen molar-refractivity contribution in [1.82, 2.24) is 14.5 Å². The van der Waals surface area contributed by atoms with E-state index in [-0.39, 0.29) is 17.5 Å². The number of hydrogen-bond donors (Lipinski definition) is 1. The smallest absolute Gasteiger partial charge is 0.308 e. The normalized spacial score (nSPS) is 12.8. The summed E-state index contributed by atoms with van der Waals surface area (Å²) in [7, 11) is 4.67. The number of aryl methyl sites for hydroxylation is 1. The number of fused-ring (bicyclic) bond motifs is 2. The van der Waals surface area contributed by atoms with E-state index in [1.807, 2.05) is 46.8 Å². The molecule has 0 aliphatic rings. The first-order valence-electron chi connectivity index (χ1n) is 12.6. The zero-order chi connectivity index (χ0) is 28.9. The number of imidazole rings is 1. The van der Waals surface area contributed by atoms with Crippen LogP contribution in [0.2, 0.25) is 0 Å². The summed E-state index contributed by atoms with van der Waals surface area (Å²) in [6.45, 7) is 9.79. The van der Waals surface area contributed by atoms with Crippen molar-refractivity contribution < 1.29 is 23.8 Å². The summed E-state index contributed by atoms with van der Waals surface area (Å²) in [5.41, 5.74) is 4.51. The largest absolute Gasteiger partial charge is 0.496 e. The van der Waals surface area contributed by atoms with Gasteiger partial charge in [-0.3, -0.25) is 14.2 Å². The van der Waals surface area contributed by atoms with Crippen LogP contribution in [0.1, 0.15) is 62.5 Å². The Kier molecular flexibility index (Phi) is 9.15. The number of H-pyrrole nitrogens is 1. The van der Waals surface area contributed by atoms with Gasteiger partial charge in [-0.2, -0.15) is 5.26 Å². The second-order valence-electron chi connectivity index (χ2n) is 10.4. The third kappa shape index (κ3) is 6.47. The van der Waals surface area contributed by atoms with Crippen LogP contribution in [0.25, 0.3) is 21.9 Å². The SMILES string of the molecule is COC(=O)C(C)CC(c1nc2ccc(C#N)cc2[nH]1)c1c(OC)cc(C)c2c1ccn2C=O.COC(C)(C)C. The maximum atomic E-state index is 12.3. The lowest BCUT2D eigenvalue weighted by atomic mass is 9.85. The summed E-state index contributed by atoms with van der Waals surface area (Å²) in [6.07, 6.45) is 2.88. The van der Waals surface area contributed by atoms with Crippen molar-refractivity contribution in [2.75, 3.05) is 21.3 Å². The lowest BCUT2D eigenvalue weighted by Gasteiger charge is -2.22. The summed E-state index contributed by atoms with van der Waals surface area (Å²) in [6, 6.07) is 11.2. The Morgan fingerprint density at radius 3 is 2.46 bits per heavy atom. The fraction of sp³-hybridized carbons (Fsp3) is 0.400. The van der Waals surface area contributed by atoms with E-state index in [4.69, 9.17) is 19.2 Å². The lowest BCUT2D eigenvalue weighted by molar-refractivity contribution is -0.145. The number of hydrogen-bond acceptors (Lipinski definition) is 7. The minimum atomic E-state index is -0.419. The van der Waals surface area contributed by atoms with Crippen molar-refractivity contribution in [2.24, 2.45) is 5.92 Å². The zero-order valence-corrected chi connectivity index (χ0v) is 23.8. The monoisotopic (exact) mass is 532 g/mol. The van der Waals surface area contributed by atoms with Crippen molar-refractivity contribution in [1.29, 1.82) is 5.26 Å². The van der Waals surface area contributed by atoms with Crippen LogP contribution in [0.5, 0.6) is 5.75 Å². The molecule has 4 rings (SSSR count). The molecule has 1 N–H and O–H groups in total. The maximum absolute atomic E-state index is 12.3. The molecule has 0 aliphatic heterocycles. The maximum Gasteiger partial charge on any atom is 0.308 e. The zero-order valence-electron chi connectivity index (χ0n) is 23.8. The van der Waals surface area contributed by atoms with E-state index in [1.54, 1.807) is 38.6 Å². The molecule has 0 spiro atoms. The molecule has 2 atom stereocenters. The van der Waals surface area contributed by atoms with Gasteiger partial charge in [0.2, 0.25) is 6.41 Å². The second kappa shape index (κ2) is 12.1. The summed E-state index contributed by atoms with van der Waals surface area (Å²) in [5.74, 6) is 0.174. The highest BCUT2D eigenvalue weighted by Crippen LogP contribution is 2.42. The van der Waals surface area contributed by atoms with Crippen LogP contribution >= 0.6 is 0 Å². The van der Waals surface area contributed by atoms with Crippen LogP contribution in [0.15, 0.2) is 36.5 Å². The van der Waals surface area contributed by atoms with Crippen LogP contribution < -0.4 is 4.74 Å². The van der Waals surface area contributed by atoms with E-state index >= 15 is 0 Å². The van der Waals surface area contributed by atoms with Crippen molar-refractivity contribution in [3.8, 4) is 11.8 Å². The number of benzene rings is 2. The molecule has 0 amide bonds. The van der Waals surface area contributed by atoms with Crippen molar-refractivity contribution in [3.63, 3.8) is 0 Å². The van der Waals surface area contributed by atoms with Gasteiger partial charge in [-0.15, -0.1) is 0 Å². The number of nitriles is 1. The Morgan fingerprint density at radius 1 is 1.21 bits per heavy atom. The van der Waals surface area contributed by atoms with E-state index < -0.39 is 5.92 Å². The Bertz CT molecular complexity index is 1520. The quantitative estimate of drug-likeness (QED) is 0.246. The van der Waals surface area contributed by atoms with E-state index in [9.17, 15) is 14.9 Å². The summed E-state index contributed by atoms with van der Waals surface area (Å²) >= 11 is 0. The van der Waals surface area contributed by atoms with Crippen LogP contribution in [0.4, 0.5) is 0 Å². The van der Waals surface area contributed by atoms with E-state index in [0.29, 0.717) is 29.1 Å². The van der Waals surface area contributed by atoms with E-state index in [2.05, 4.69) is 11.1 Å². The van der Waals surface area contributed by atoms with Crippen molar-refractivity contribution >= 4 is 34.3 Å². The number of methoxy groups -OCH3 is 3. The molecule has 2 aromatic heterocycles. The minimum Gasteiger partial charge on any atom is -0.496 e. The molecule has 0 saturated heterocycles.